The maximum atomic E-state index is 10.9. The Morgan fingerprint density at radius 1 is 1.22 bits per heavy atom. The van der Waals surface area contributed by atoms with E-state index in [4.69, 9.17) is 11.6 Å². The Morgan fingerprint density at radius 3 is 2.74 bits per heavy atom. The van der Waals surface area contributed by atoms with Crippen molar-refractivity contribution in [1.82, 2.24) is 9.38 Å². The number of nitrogens with zero attached hydrogens (tertiary/aromatic N) is 5. The van der Waals surface area contributed by atoms with Crippen molar-refractivity contribution in [2.24, 2.45) is 10.2 Å². The van der Waals surface area contributed by atoms with Crippen molar-refractivity contribution in [1.29, 1.82) is 0 Å². The summed E-state index contributed by atoms with van der Waals surface area (Å²) in [7, 11) is 0. The molecular weight excluding hydrogens is 318 g/mol. The minimum atomic E-state index is -0.552. The van der Waals surface area contributed by atoms with Gasteiger partial charge in [0.1, 0.15) is 10.7 Å². The van der Waals surface area contributed by atoms with Crippen molar-refractivity contribution in [2.45, 2.75) is 13.8 Å². The van der Waals surface area contributed by atoms with Crippen LogP contribution in [0.15, 0.2) is 46.8 Å². The number of hydrogen-bond acceptors (Lipinski definition) is 5. The lowest BCUT2D eigenvalue weighted by molar-refractivity contribution is -0.384. The fourth-order valence-electron chi connectivity index (χ4n) is 2.18. The van der Waals surface area contributed by atoms with Crippen LogP contribution >= 0.6 is 11.6 Å². The van der Waals surface area contributed by atoms with Crippen molar-refractivity contribution in [3.8, 4) is 0 Å². The Hall–Kier alpha value is -2.80. The third-order valence-electron chi connectivity index (χ3n) is 3.31. The van der Waals surface area contributed by atoms with Gasteiger partial charge in [0.15, 0.2) is 5.82 Å². The summed E-state index contributed by atoms with van der Waals surface area (Å²) in [4.78, 5) is 14.8. The molecule has 0 aliphatic rings. The van der Waals surface area contributed by atoms with E-state index in [0.717, 1.165) is 16.9 Å². The number of aromatic nitrogens is 2. The van der Waals surface area contributed by atoms with Crippen LogP contribution in [0.4, 0.5) is 17.2 Å². The van der Waals surface area contributed by atoms with Crippen LogP contribution in [-0.2, 0) is 0 Å². The van der Waals surface area contributed by atoms with E-state index in [9.17, 15) is 10.1 Å². The molecular formula is C15H12ClN5O2. The zero-order valence-corrected chi connectivity index (χ0v) is 13.2. The summed E-state index contributed by atoms with van der Waals surface area (Å²) in [5.41, 5.74) is 2.75. The average Bonchev–Trinajstić information content (AvgIpc) is 2.80. The van der Waals surface area contributed by atoms with Crippen LogP contribution in [-0.4, -0.2) is 14.3 Å². The SMILES string of the molecule is Cc1ccn2c(N=Nc3ccc(Cl)c([N+](=O)[O-])c3)c(C)nc2c1. The fraction of sp³-hybridized carbons (Fsp3) is 0.133. The molecule has 8 heteroatoms. The minimum Gasteiger partial charge on any atom is -0.283 e. The molecule has 0 aliphatic carbocycles. The highest BCUT2D eigenvalue weighted by Gasteiger charge is 2.13. The number of nitro benzene ring substituents is 1. The summed E-state index contributed by atoms with van der Waals surface area (Å²) in [5, 5.41) is 19.2. The second kappa shape index (κ2) is 5.77. The fourth-order valence-corrected chi connectivity index (χ4v) is 2.37. The molecule has 1 aromatic carbocycles. The molecule has 3 rings (SSSR count). The number of nitro groups is 1. The smallest absolute Gasteiger partial charge is 0.283 e. The predicted octanol–water partition coefficient (Wildman–Crippen LogP) is 4.93. The number of pyridine rings is 1. The first kappa shape index (κ1) is 15.1. The minimum absolute atomic E-state index is 0.0652. The zero-order chi connectivity index (χ0) is 16.6. The molecule has 0 amide bonds. The van der Waals surface area contributed by atoms with Crippen LogP contribution < -0.4 is 0 Å². The Balaban J connectivity index is 2.02. The van der Waals surface area contributed by atoms with Crippen molar-refractivity contribution in [2.75, 3.05) is 0 Å². The highest BCUT2D eigenvalue weighted by Crippen LogP contribution is 2.30. The Labute approximate surface area is 136 Å². The molecule has 0 saturated heterocycles. The number of azo groups is 1. The van der Waals surface area contributed by atoms with Crippen LogP contribution in [0.1, 0.15) is 11.3 Å². The second-order valence-electron chi connectivity index (χ2n) is 5.05. The highest BCUT2D eigenvalue weighted by molar-refractivity contribution is 6.32. The summed E-state index contributed by atoms with van der Waals surface area (Å²) >= 11 is 5.78. The first-order valence-electron chi connectivity index (χ1n) is 6.76. The first-order valence-corrected chi connectivity index (χ1v) is 7.14. The van der Waals surface area contributed by atoms with Crippen LogP contribution in [0.5, 0.6) is 0 Å². The summed E-state index contributed by atoms with van der Waals surface area (Å²) in [5.74, 6) is 0.581. The number of imidazole rings is 1. The first-order chi connectivity index (χ1) is 11.0. The summed E-state index contributed by atoms with van der Waals surface area (Å²) in [6, 6.07) is 8.17. The van der Waals surface area contributed by atoms with Gasteiger partial charge >= 0.3 is 0 Å². The zero-order valence-electron chi connectivity index (χ0n) is 12.4. The summed E-state index contributed by atoms with van der Waals surface area (Å²) in [6.07, 6.45) is 1.86. The van der Waals surface area contributed by atoms with Crippen LogP contribution in [0.2, 0.25) is 5.02 Å². The molecule has 0 radical (unpaired) electrons. The van der Waals surface area contributed by atoms with Gasteiger partial charge in [-0.1, -0.05) is 11.6 Å². The number of rotatable bonds is 3. The molecule has 116 valence electrons. The van der Waals surface area contributed by atoms with Crippen LogP contribution in [0.3, 0.4) is 0 Å². The molecule has 3 aromatic rings. The molecule has 0 spiro atoms. The Morgan fingerprint density at radius 2 is 2.00 bits per heavy atom. The molecule has 0 aliphatic heterocycles. The average molecular weight is 330 g/mol. The van der Waals surface area contributed by atoms with Gasteiger partial charge in [0, 0.05) is 12.3 Å². The van der Waals surface area contributed by atoms with Crippen molar-refractivity contribution < 1.29 is 4.92 Å². The topological polar surface area (TPSA) is 85.2 Å². The molecule has 2 heterocycles. The molecule has 7 nitrogen and oxygen atoms in total. The summed E-state index contributed by atoms with van der Waals surface area (Å²) < 4.78 is 1.82. The van der Waals surface area contributed by atoms with Gasteiger partial charge in [0.05, 0.1) is 16.3 Å². The normalized spacial score (nSPS) is 11.4. The standard InChI is InChI=1S/C15H12ClN5O2/c1-9-5-6-20-14(7-9)17-10(2)15(20)19-18-11-3-4-12(16)13(8-11)21(22)23/h3-8H,1-2H3. The monoisotopic (exact) mass is 329 g/mol. The van der Waals surface area contributed by atoms with E-state index in [-0.39, 0.29) is 10.7 Å². The summed E-state index contributed by atoms with van der Waals surface area (Å²) in [6.45, 7) is 3.82. The molecule has 0 unspecified atom stereocenters. The van der Waals surface area contributed by atoms with Gasteiger partial charge in [0.2, 0.25) is 0 Å². The van der Waals surface area contributed by atoms with Gasteiger partial charge in [-0.25, -0.2) is 4.98 Å². The van der Waals surface area contributed by atoms with Gasteiger partial charge in [-0.3, -0.25) is 14.5 Å². The van der Waals surface area contributed by atoms with E-state index in [0.29, 0.717) is 11.5 Å². The van der Waals surface area contributed by atoms with Crippen molar-refractivity contribution >= 4 is 34.4 Å². The highest BCUT2D eigenvalue weighted by atomic mass is 35.5. The van der Waals surface area contributed by atoms with E-state index in [1.807, 2.05) is 36.6 Å². The molecule has 0 bridgehead atoms. The van der Waals surface area contributed by atoms with Crippen LogP contribution in [0, 0.1) is 24.0 Å². The Kier molecular flexibility index (Phi) is 3.79. The number of fused-ring (bicyclic) bond motifs is 1. The molecule has 0 saturated carbocycles. The Bertz CT molecular complexity index is 948. The van der Waals surface area contributed by atoms with E-state index in [1.165, 1.54) is 12.1 Å². The number of halogens is 1. The van der Waals surface area contributed by atoms with E-state index in [1.54, 1.807) is 6.07 Å². The van der Waals surface area contributed by atoms with Gasteiger partial charge in [-0.2, -0.15) is 0 Å². The van der Waals surface area contributed by atoms with Crippen molar-refractivity contribution in [3.63, 3.8) is 0 Å². The third-order valence-corrected chi connectivity index (χ3v) is 3.63. The van der Waals surface area contributed by atoms with Gasteiger partial charge in [-0.05, 0) is 43.7 Å². The maximum absolute atomic E-state index is 10.9. The largest absolute Gasteiger partial charge is 0.290 e. The third kappa shape index (κ3) is 2.91. The molecule has 0 N–H and O–H groups in total. The van der Waals surface area contributed by atoms with E-state index < -0.39 is 4.92 Å². The van der Waals surface area contributed by atoms with E-state index in [2.05, 4.69) is 15.2 Å². The molecule has 0 atom stereocenters. The van der Waals surface area contributed by atoms with E-state index >= 15 is 0 Å². The second-order valence-corrected chi connectivity index (χ2v) is 5.45. The number of benzene rings is 1. The lowest BCUT2D eigenvalue weighted by Crippen LogP contribution is -1.88. The number of hydrogen-bond donors (Lipinski definition) is 0. The van der Waals surface area contributed by atoms with Gasteiger partial charge in [0.25, 0.3) is 5.69 Å². The van der Waals surface area contributed by atoms with Gasteiger partial charge < -0.3 is 0 Å². The van der Waals surface area contributed by atoms with Crippen LogP contribution in [0.25, 0.3) is 5.65 Å². The molecule has 23 heavy (non-hydrogen) atoms. The molecule has 2 aromatic heterocycles. The molecule has 0 fully saturated rings. The maximum Gasteiger partial charge on any atom is 0.290 e. The van der Waals surface area contributed by atoms with Crippen molar-refractivity contribution in [3.05, 3.63) is 62.9 Å². The predicted molar refractivity (Wildman–Crippen MR) is 86.9 cm³/mol. The number of aryl methyl sites for hydroxylation is 2. The lowest BCUT2D eigenvalue weighted by atomic mass is 10.3. The lowest BCUT2D eigenvalue weighted by Gasteiger charge is -1.98. The quantitative estimate of drug-likeness (QED) is 0.388. The van der Waals surface area contributed by atoms with Gasteiger partial charge in [-0.15, -0.1) is 10.2 Å².